The SMILES string of the molecule is Cc1ccc2c(c1)Oc1c(ncc3ccc(C)cc13)N2c1c(C)cc(C(C)(C)C)cc1C. The molecule has 0 amide bonds. The van der Waals surface area contributed by atoms with Crippen molar-refractivity contribution >= 4 is 28.0 Å². The predicted molar refractivity (Wildman–Crippen MR) is 134 cm³/mol. The minimum absolute atomic E-state index is 0.0952. The molecular weight excluding hydrogens is 392 g/mol. The van der Waals surface area contributed by atoms with Crippen LogP contribution in [0.2, 0.25) is 0 Å². The monoisotopic (exact) mass is 422 g/mol. The molecule has 0 N–H and O–H groups in total. The maximum atomic E-state index is 6.53. The van der Waals surface area contributed by atoms with Crippen LogP contribution in [0.3, 0.4) is 0 Å². The first-order valence-electron chi connectivity index (χ1n) is 11.2. The van der Waals surface area contributed by atoms with Gasteiger partial charge in [-0.1, -0.05) is 56.7 Å². The highest BCUT2D eigenvalue weighted by Gasteiger charge is 2.31. The summed E-state index contributed by atoms with van der Waals surface area (Å²) in [5.74, 6) is 2.53. The first kappa shape index (κ1) is 20.6. The molecule has 0 bridgehead atoms. The fraction of sp³-hybridized carbons (Fsp3) is 0.276. The second-order valence-electron chi connectivity index (χ2n) is 10.1. The highest BCUT2D eigenvalue weighted by Crippen LogP contribution is 2.53. The molecule has 1 aliphatic heterocycles. The Hall–Kier alpha value is -3.33. The smallest absolute Gasteiger partial charge is 0.182 e. The third-order valence-electron chi connectivity index (χ3n) is 6.34. The fourth-order valence-electron chi connectivity index (χ4n) is 4.63. The molecular formula is C29H30N2O. The Kier molecular flexibility index (Phi) is 4.56. The molecule has 4 aromatic rings. The van der Waals surface area contributed by atoms with E-state index in [1.165, 1.54) is 33.5 Å². The molecule has 32 heavy (non-hydrogen) atoms. The van der Waals surface area contributed by atoms with Gasteiger partial charge in [-0.05, 0) is 73.6 Å². The van der Waals surface area contributed by atoms with E-state index in [1.54, 1.807) is 0 Å². The molecule has 0 fully saturated rings. The van der Waals surface area contributed by atoms with E-state index in [0.29, 0.717) is 0 Å². The number of ether oxygens (including phenoxy) is 1. The summed E-state index contributed by atoms with van der Waals surface area (Å²) in [7, 11) is 0. The number of pyridine rings is 1. The second-order valence-corrected chi connectivity index (χ2v) is 10.1. The number of hydrogen-bond donors (Lipinski definition) is 0. The number of hydrogen-bond acceptors (Lipinski definition) is 3. The molecule has 3 nitrogen and oxygen atoms in total. The normalized spacial score (nSPS) is 13.0. The minimum atomic E-state index is 0.0952. The van der Waals surface area contributed by atoms with Crippen molar-refractivity contribution in [2.24, 2.45) is 0 Å². The van der Waals surface area contributed by atoms with Gasteiger partial charge in [0.05, 0.1) is 11.4 Å². The zero-order valence-electron chi connectivity index (χ0n) is 20.0. The molecule has 3 aromatic carbocycles. The Morgan fingerprint density at radius 3 is 2.16 bits per heavy atom. The Morgan fingerprint density at radius 1 is 0.812 bits per heavy atom. The summed E-state index contributed by atoms with van der Waals surface area (Å²) in [6, 6.07) is 17.5. The molecule has 0 atom stereocenters. The van der Waals surface area contributed by atoms with E-state index in [4.69, 9.17) is 9.72 Å². The summed E-state index contributed by atoms with van der Waals surface area (Å²) in [5, 5.41) is 2.18. The van der Waals surface area contributed by atoms with Gasteiger partial charge in [-0.3, -0.25) is 4.90 Å². The molecule has 0 radical (unpaired) electrons. The average Bonchev–Trinajstić information content (AvgIpc) is 2.71. The molecule has 162 valence electrons. The molecule has 0 saturated heterocycles. The number of aromatic nitrogens is 1. The van der Waals surface area contributed by atoms with E-state index < -0.39 is 0 Å². The van der Waals surface area contributed by atoms with Crippen LogP contribution in [0.15, 0.2) is 54.7 Å². The van der Waals surface area contributed by atoms with Crippen molar-refractivity contribution in [2.75, 3.05) is 4.90 Å². The summed E-state index contributed by atoms with van der Waals surface area (Å²) in [6.45, 7) is 15.4. The molecule has 0 spiro atoms. The highest BCUT2D eigenvalue weighted by molar-refractivity contribution is 5.98. The van der Waals surface area contributed by atoms with Gasteiger partial charge in [0, 0.05) is 17.0 Å². The van der Waals surface area contributed by atoms with Crippen LogP contribution in [-0.4, -0.2) is 4.98 Å². The first-order valence-corrected chi connectivity index (χ1v) is 11.2. The van der Waals surface area contributed by atoms with Crippen LogP contribution in [0, 0.1) is 27.7 Å². The highest BCUT2D eigenvalue weighted by atomic mass is 16.5. The summed E-state index contributed by atoms with van der Waals surface area (Å²) < 4.78 is 6.53. The lowest BCUT2D eigenvalue weighted by Crippen LogP contribution is -2.20. The largest absolute Gasteiger partial charge is 0.451 e. The molecule has 1 aromatic heterocycles. The lowest BCUT2D eigenvalue weighted by molar-refractivity contribution is 0.479. The second kappa shape index (κ2) is 7.09. The number of fused-ring (bicyclic) bond motifs is 4. The van der Waals surface area contributed by atoms with E-state index in [9.17, 15) is 0 Å². The predicted octanol–water partition coefficient (Wildman–Crippen LogP) is 8.34. The number of benzene rings is 3. The van der Waals surface area contributed by atoms with Gasteiger partial charge in [-0.15, -0.1) is 0 Å². The molecule has 5 rings (SSSR count). The third-order valence-corrected chi connectivity index (χ3v) is 6.34. The van der Waals surface area contributed by atoms with Gasteiger partial charge in [0.1, 0.15) is 0 Å². The van der Waals surface area contributed by atoms with Gasteiger partial charge in [0.15, 0.2) is 17.3 Å². The Balaban J connectivity index is 1.82. The van der Waals surface area contributed by atoms with Gasteiger partial charge in [-0.25, -0.2) is 4.98 Å². The summed E-state index contributed by atoms with van der Waals surface area (Å²) in [4.78, 5) is 7.19. The Morgan fingerprint density at radius 2 is 1.47 bits per heavy atom. The molecule has 0 saturated carbocycles. The maximum absolute atomic E-state index is 6.53. The summed E-state index contributed by atoms with van der Waals surface area (Å²) >= 11 is 0. The van der Waals surface area contributed by atoms with Crippen molar-refractivity contribution in [3.05, 3.63) is 82.5 Å². The van der Waals surface area contributed by atoms with Crippen LogP contribution in [0.25, 0.3) is 10.8 Å². The van der Waals surface area contributed by atoms with Crippen molar-refractivity contribution in [3.63, 3.8) is 0 Å². The van der Waals surface area contributed by atoms with Crippen molar-refractivity contribution in [2.45, 2.75) is 53.9 Å². The number of aryl methyl sites for hydroxylation is 4. The fourth-order valence-corrected chi connectivity index (χ4v) is 4.63. The van der Waals surface area contributed by atoms with Gasteiger partial charge in [0.25, 0.3) is 0 Å². The maximum Gasteiger partial charge on any atom is 0.182 e. The van der Waals surface area contributed by atoms with Crippen LogP contribution in [0.1, 0.15) is 48.6 Å². The van der Waals surface area contributed by atoms with E-state index >= 15 is 0 Å². The topological polar surface area (TPSA) is 25.4 Å². The number of rotatable bonds is 1. The first-order chi connectivity index (χ1) is 15.1. The Labute approximate surface area is 190 Å². The van der Waals surface area contributed by atoms with Gasteiger partial charge < -0.3 is 4.74 Å². The number of anilines is 3. The zero-order chi connectivity index (χ0) is 22.8. The van der Waals surface area contributed by atoms with E-state index in [1.807, 2.05) is 6.20 Å². The summed E-state index contributed by atoms with van der Waals surface area (Å²) in [6.07, 6.45) is 1.96. The van der Waals surface area contributed by atoms with Gasteiger partial charge >= 0.3 is 0 Å². The average molecular weight is 423 g/mol. The summed E-state index contributed by atoms with van der Waals surface area (Å²) in [5.41, 5.74) is 8.49. The lowest BCUT2D eigenvalue weighted by Gasteiger charge is -2.35. The van der Waals surface area contributed by atoms with Crippen molar-refractivity contribution in [1.29, 1.82) is 0 Å². The minimum Gasteiger partial charge on any atom is -0.451 e. The Bertz CT molecular complexity index is 1360. The standard InChI is InChI=1S/C29H30N2O/c1-17-8-10-21-16-30-28-27(23(21)12-17)32-25-13-18(2)9-11-24(25)31(28)26-19(3)14-22(15-20(26)4)29(5,6)7/h8-16H,1-7H3. The third kappa shape index (κ3) is 3.24. The van der Waals surface area contributed by atoms with Crippen LogP contribution in [-0.2, 0) is 5.41 Å². The zero-order valence-corrected chi connectivity index (χ0v) is 20.0. The quantitative estimate of drug-likeness (QED) is 0.271. The molecule has 0 aliphatic carbocycles. The van der Waals surface area contributed by atoms with Gasteiger partial charge in [0.2, 0.25) is 0 Å². The number of nitrogens with zero attached hydrogens (tertiary/aromatic N) is 2. The van der Waals surface area contributed by atoms with Crippen molar-refractivity contribution in [1.82, 2.24) is 4.98 Å². The van der Waals surface area contributed by atoms with Crippen molar-refractivity contribution < 1.29 is 4.74 Å². The molecule has 2 heterocycles. The van der Waals surface area contributed by atoms with E-state index in [-0.39, 0.29) is 5.41 Å². The molecule has 0 unspecified atom stereocenters. The lowest BCUT2D eigenvalue weighted by atomic mass is 9.84. The van der Waals surface area contributed by atoms with Gasteiger partial charge in [-0.2, -0.15) is 0 Å². The molecule has 3 heteroatoms. The van der Waals surface area contributed by atoms with Crippen LogP contribution < -0.4 is 9.64 Å². The van der Waals surface area contributed by atoms with E-state index in [2.05, 4.69) is 102 Å². The van der Waals surface area contributed by atoms with E-state index in [0.717, 1.165) is 33.8 Å². The molecule has 1 aliphatic rings. The van der Waals surface area contributed by atoms with Crippen molar-refractivity contribution in [3.8, 4) is 11.5 Å². The van der Waals surface area contributed by atoms with Crippen LogP contribution >= 0.6 is 0 Å². The van der Waals surface area contributed by atoms with Crippen LogP contribution in [0.5, 0.6) is 11.5 Å². The van der Waals surface area contributed by atoms with Crippen LogP contribution in [0.4, 0.5) is 17.2 Å².